The monoisotopic (exact) mass is 342 g/mol. The number of rotatable bonds is 4. The van der Waals surface area contributed by atoms with Gasteiger partial charge in [-0.25, -0.2) is 8.78 Å². The third-order valence-corrected chi connectivity index (χ3v) is 5.69. The van der Waals surface area contributed by atoms with Gasteiger partial charge < -0.3 is 4.90 Å². The Morgan fingerprint density at radius 3 is 2.56 bits per heavy atom. The number of carbonyl (C=O) groups excluding carboxylic acids is 1. The molecule has 4 rings (SSSR count). The molecule has 3 atom stereocenters. The fourth-order valence-electron chi connectivity index (χ4n) is 4.41. The van der Waals surface area contributed by atoms with E-state index in [1.54, 1.807) is 30.4 Å². The number of hydrogen-bond donors (Lipinski definition) is 0. The van der Waals surface area contributed by atoms with Crippen molar-refractivity contribution in [3.05, 3.63) is 65.5 Å². The number of amides is 1. The molecular formula is C20H20F2N2O. The molecule has 5 heteroatoms. The summed E-state index contributed by atoms with van der Waals surface area (Å²) in [7, 11) is 1.75. The Morgan fingerprint density at radius 2 is 1.92 bits per heavy atom. The van der Waals surface area contributed by atoms with Crippen molar-refractivity contribution in [2.45, 2.75) is 25.3 Å². The molecule has 2 saturated carbocycles. The van der Waals surface area contributed by atoms with Crippen LogP contribution in [0, 0.1) is 29.4 Å². The molecule has 1 aromatic heterocycles. The fraction of sp³-hybridized carbons (Fsp3) is 0.400. The first-order valence-corrected chi connectivity index (χ1v) is 8.69. The predicted octanol–water partition coefficient (Wildman–Crippen LogP) is 3.95. The summed E-state index contributed by atoms with van der Waals surface area (Å²) >= 11 is 0. The Bertz CT molecular complexity index is 786. The number of hydrogen-bond acceptors (Lipinski definition) is 2. The summed E-state index contributed by atoms with van der Waals surface area (Å²) in [4.78, 5) is 18.8. The molecule has 2 fully saturated rings. The van der Waals surface area contributed by atoms with Crippen molar-refractivity contribution in [3.8, 4) is 0 Å². The van der Waals surface area contributed by atoms with Crippen molar-refractivity contribution in [1.29, 1.82) is 0 Å². The third-order valence-electron chi connectivity index (χ3n) is 5.69. The molecule has 1 amide bonds. The van der Waals surface area contributed by atoms with E-state index in [1.165, 1.54) is 18.6 Å². The van der Waals surface area contributed by atoms with Crippen LogP contribution in [-0.2, 0) is 4.79 Å². The van der Waals surface area contributed by atoms with E-state index in [0.29, 0.717) is 17.4 Å². The summed E-state index contributed by atoms with van der Waals surface area (Å²) < 4.78 is 27.1. The van der Waals surface area contributed by atoms with E-state index in [-0.39, 0.29) is 11.8 Å². The lowest BCUT2D eigenvalue weighted by molar-refractivity contribution is -0.133. The van der Waals surface area contributed by atoms with Gasteiger partial charge >= 0.3 is 0 Å². The molecule has 2 aromatic rings. The largest absolute Gasteiger partial charge is 0.334 e. The smallest absolute Gasteiger partial charge is 0.226 e. The lowest BCUT2D eigenvalue weighted by atomic mass is 9.97. The number of nitrogens with zero attached hydrogens (tertiary/aromatic N) is 2. The number of benzene rings is 1. The zero-order valence-corrected chi connectivity index (χ0v) is 14.0. The molecule has 3 nitrogen and oxygen atoms in total. The van der Waals surface area contributed by atoms with Crippen LogP contribution in [0.15, 0.2) is 42.7 Å². The Balaban J connectivity index is 1.67. The molecule has 1 heterocycles. The van der Waals surface area contributed by atoms with Crippen LogP contribution in [0.3, 0.4) is 0 Å². The first kappa shape index (κ1) is 16.2. The lowest BCUT2D eigenvalue weighted by Crippen LogP contribution is -2.34. The number of pyridine rings is 1. The molecule has 0 unspecified atom stereocenters. The highest BCUT2D eigenvalue weighted by atomic mass is 19.2. The Hall–Kier alpha value is -2.30. The molecule has 0 spiro atoms. The van der Waals surface area contributed by atoms with Gasteiger partial charge in [-0.05, 0) is 54.0 Å². The van der Waals surface area contributed by atoms with Crippen LogP contribution in [0.4, 0.5) is 8.78 Å². The predicted molar refractivity (Wildman–Crippen MR) is 89.5 cm³/mol. The fourth-order valence-corrected chi connectivity index (χ4v) is 4.41. The molecule has 130 valence electrons. The van der Waals surface area contributed by atoms with E-state index in [0.717, 1.165) is 24.5 Å². The molecule has 0 saturated heterocycles. The number of halogens is 2. The minimum absolute atomic E-state index is 0.0863. The molecule has 0 N–H and O–H groups in total. The normalized spacial score (nSPS) is 25.3. The first-order valence-electron chi connectivity index (χ1n) is 8.69. The first-order chi connectivity index (χ1) is 12.1. The van der Waals surface area contributed by atoms with Crippen molar-refractivity contribution < 1.29 is 13.6 Å². The van der Waals surface area contributed by atoms with Crippen LogP contribution in [0.2, 0.25) is 0 Å². The molecule has 0 aliphatic heterocycles. The lowest BCUT2D eigenvalue weighted by Gasteiger charge is -2.29. The Kier molecular flexibility index (Phi) is 4.02. The third kappa shape index (κ3) is 2.81. The Labute approximate surface area is 145 Å². The van der Waals surface area contributed by atoms with Crippen LogP contribution in [0.1, 0.15) is 36.4 Å². The van der Waals surface area contributed by atoms with Gasteiger partial charge in [-0.2, -0.15) is 0 Å². The summed E-state index contributed by atoms with van der Waals surface area (Å²) in [5, 5.41) is 0. The van der Waals surface area contributed by atoms with E-state index in [1.807, 2.05) is 6.07 Å². The summed E-state index contributed by atoms with van der Waals surface area (Å²) in [6.45, 7) is 0. The second kappa shape index (κ2) is 6.21. The van der Waals surface area contributed by atoms with E-state index in [9.17, 15) is 13.6 Å². The molecule has 25 heavy (non-hydrogen) atoms. The van der Waals surface area contributed by atoms with Gasteiger partial charge in [0.15, 0.2) is 11.6 Å². The second-order valence-electron chi connectivity index (χ2n) is 7.10. The zero-order valence-electron chi connectivity index (χ0n) is 14.0. The summed E-state index contributed by atoms with van der Waals surface area (Å²) in [5.74, 6) is -0.602. The van der Waals surface area contributed by atoms with Gasteiger partial charge in [-0.15, -0.1) is 0 Å². The van der Waals surface area contributed by atoms with E-state index >= 15 is 0 Å². The van der Waals surface area contributed by atoms with Gasteiger partial charge in [0.1, 0.15) is 0 Å². The number of aromatic nitrogens is 1. The standard InChI is InChI=1S/C20H20F2N2O/c1-24(20(25)18-14-5-2-6-15(14)18)19(13-4-3-9-23-11-13)12-7-8-16(21)17(22)10-12/h3-4,7-11,14-15,18-19H,2,5-6H2,1H3/t14-,15-,19+/m1/s1. The average Bonchev–Trinajstić information content (AvgIpc) is 3.09. The quantitative estimate of drug-likeness (QED) is 0.843. The van der Waals surface area contributed by atoms with E-state index in [2.05, 4.69) is 4.98 Å². The topological polar surface area (TPSA) is 33.2 Å². The number of fused-ring (bicyclic) bond motifs is 1. The maximum absolute atomic E-state index is 13.8. The van der Waals surface area contributed by atoms with Crippen molar-refractivity contribution in [2.24, 2.45) is 17.8 Å². The van der Waals surface area contributed by atoms with Crippen molar-refractivity contribution in [3.63, 3.8) is 0 Å². The Morgan fingerprint density at radius 1 is 1.16 bits per heavy atom. The second-order valence-corrected chi connectivity index (χ2v) is 7.10. The van der Waals surface area contributed by atoms with Gasteiger partial charge in [0.25, 0.3) is 0 Å². The summed E-state index contributed by atoms with van der Waals surface area (Å²) in [5.41, 5.74) is 1.34. The van der Waals surface area contributed by atoms with Crippen LogP contribution in [-0.4, -0.2) is 22.8 Å². The van der Waals surface area contributed by atoms with Crippen molar-refractivity contribution in [2.75, 3.05) is 7.05 Å². The SMILES string of the molecule is CN(C(=O)C1[C@@H]2CCC[C@@H]12)[C@H](c1cccnc1)c1ccc(F)c(F)c1. The highest BCUT2D eigenvalue weighted by Gasteiger charge is 2.57. The van der Waals surface area contributed by atoms with Gasteiger partial charge in [0.2, 0.25) is 5.91 Å². The van der Waals surface area contributed by atoms with E-state index < -0.39 is 17.7 Å². The molecule has 2 aliphatic rings. The van der Waals surface area contributed by atoms with Crippen LogP contribution in [0.5, 0.6) is 0 Å². The van der Waals surface area contributed by atoms with Crippen molar-refractivity contribution >= 4 is 5.91 Å². The summed E-state index contributed by atoms with van der Waals surface area (Å²) in [6.07, 6.45) is 6.77. The highest BCUT2D eigenvalue weighted by molar-refractivity contribution is 5.83. The maximum Gasteiger partial charge on any atom is 0.226 e. The van der Waals surface area contributed by atoms with Gasteiger partial charge in [-0.3, -0.25) is 9.78 Å². The van der Waals surface area contributed by atoms with E-state index in [4.69, 9.17) is 0 Å². The van der Waals surface area contributed by atoms with Crippen molar-refractivity contribution in [1.82, 2.24) is 9.88 Å². The molecule has 2 aliphatic carbocycles. The van der Waals surface area contributed by atoms with Gasteiger partial charge in [0.05, 0.1) is 6.04 Å². The van der Waals surface area contributed by atoms with Crippen LogP contribution >= 0.6 is 0 Å². The number of carbonyl (C=O) groups is 1. The van der Waals surface area contributed by atoms with Crippen LogP contribution < -0.4 is 0 Å². The zero-order chi connectivity index (χ0) is 17.6. The van der Waals surface area contributed by atoms with Gasteiger partial charge in [-0.1, -0.05) is 18.6 Å². The minimum atomic E-state index is -0.907. The average molecular weight is 342 g/mol. The minimum Gasteiger partial charge on any atom is -0.334 e. The summed E-state index contributed by atoms with van der Waals surface area (Å²) in [6, 6.07) is 6.98. The molecule has 0 radical (unpaired) electrons. The van der Waals surface area contributed by atoms with Crippen LogP contribution in [0.25, 0.3) is 0 Å². The molecular weight excluding hydrogens is 322 g/mol. The van der Waals surface area contributed by atoms with Gasteiger partial charge in [0, 0.05) is 25.4 Å². The maximum atomic E-state index is 13.8. The highest BCUT2D eigenvalue weighted by Crippen LogP contribution is 2.58. The molecule has 1 aromatic carbocycles. The molecule has 0 bridgehead atoms.